The maximum Gasteiger partial charge on any atom is 0.269 e. The summed E-state index contributed by atoms with van der Waals surface area (Å²) in [6, 6.07) is 21.4. The van der Waals surface area contributed by atoms with Crippen LogP contribution in [0.15, 0.2) is 66.7 Å². The van der Waals surface area contributed by atoms with Crippen LogP contribution in [0.5, 0.6) is 11.5 Å². The first-order chi connectivity index (χ1) is 14.2. The predicted octanol–water partition coefficient (Wildman–Crippen LogP) is 4.18. The van der Waals surface area contributed by atoms with Crippen LogP contribution in [0.25, 0.3) is 22.0 Å². The van der Waals surface area contributed by atoms with E-state index in [0.29, 0.717) is 23.7 Å². The number of fused-ring (bicyclic) bond motifs is 1. The molecule has 4 rings (SSSR count). The van der Waals surface area contributed by atoms with Gasteiger partial charge in [0.1, 0.15) is 17.2 Å². The molecular weight excluding hydrogens is 366 g/mol. The average molecular weight is 387 g/mol. The molecule has 2 N–H and O–H groups in total. The molecule has 1 aromatic heterocycles. The van der Waals surface area contributed by atoms with Crippen molar-refractivity contribution in [2.24, 2.45) is 0 Å². The summed E-state index contributed by atoms with van der Waals surface area (Å²) < 4.78 is 10.6. The van der Waals surface area contributed by atoms with E-state index in [-0.39, 0.29) is 5.91 Å². The standard InChI is InChI=1S/C23H21N3O3/c1-28-17-11-10-16(22(12-17)29-2)14-24-23(27)21-13-20(25-26-21)19-9-5-7-15-6-3-4-8-18(15)19/h3-13H,14H2,1-2H3,(H,24,27)(H,25,26). The summed E-state index contributed by atoms with van der Waals surface area (Å²) in [6.07, 6.45) is 0. The first kappa shape index (κ1) is 18.6. The third kappa shape index (κ3) is 3.78. The summed E-state index contributed by atoms with van der Waals surface area (Å²) in [6.45, 7) is 0.328. The van der Waals surface area contributed by atoms with Gasteiger partial charge in [0, 0.05) is 23.7 Å². The first-order valence-electron chi connectivity index (χ1n) is 9.22. The van der Waals surface area contributed by atoms with Crippen molar-refractivity contribution in [1.82, 2.24) is 15.5 Å². The van der Waals surface area contributed by atoms with E-state index in [1.54, 1.807) is 26.4 Å². The van der Waals surface area contributed by atoms with Gasteiger partial charge in [-0.1, -0.05) is 42.5 Å². The van der Waals surface area contributed by atoms with E-state index in [1.807, 2.05) is 36.4 Å². The highest BCUT2D eigenvalue weighted by Crippen LogP contribution is 2.28. The largest absolute Gasteiger partial charge is 0.497 e. The van der Waals surface area contributed by atoms with Crippen molar-refractivity contribution in [1.29, 1.82) is 0 Å². The molecule has 0 atom stereocenters. The van der Waals surface area contributed by atoms with Gasteiger partial charge in [0.25, 0.3) is 5.91 Å². The van der Waals surface area contributed by atoms with Crippen LogP contribution < -0.4 is 14.8 Å². The molecule has 1 amide bonds. The SMILES string of the molecule is COc1ccc(CNC(=O)c2cc(-c3cccc4ccccc34)n[nH]2)c(OC)c1. The average Bonchev–Trinajstić information content (AvgIpc) is 3.27. The monoisotopic (exact) mass is 387 g/mol. The predicted molar refractivity (Wildman–Crippen MR) is 112 cm³/mol. The number of methoxy groups -OCH3 is 2. The molecule has 29 heavy (non-hydrogen) atoms. The van der Waals surface area contributed by atoms with E-state index in [2.05, 4.69) is 33.7 Å². The van der Waals surface area contributed by atoms with Crippen LogP contribution in [0, 0.1) is 0 Å². The minimum atomic E-state index is -0.234. The second-order valence-electron chi connectivity index (χ2n) is 6.55. The highest BCUT2D eigenvalue weighted by molar-refractivity contribution is 5.98. The van der Waals surface area contributed by atoms with Crippen LogP contribution in [0.3, 0.4) is 0 Å². The Bertz CT molecular complexity index is 1160. The van der Waals surface area contributed by atoms with Gasteiger partial charge in [-0.2, -0.15) is 5.10 Å². The van der Waals surface area contributed by atoms with Crippen molar-refractivity contribution in [3.05, 3.63) is 78.0 Å². The van der Waals surface area contributed by atoms with Crippen LogP contribution in [0.4, 0.5) is 0 Å². The van der Waals surface area contributed by atoms with Crippen molar-refractivity contribution >= 4 is 16.7 Å². The topological polar surface area (TPSA) is 76.2 Å². The van der Waals surface area contributed by atoms with E-state index in [9.17, 15) is 4.79 Å². The molecule has 0 saturated carbocycles. The third-order valence-electron chi connectivity index (χ3n) is 4.82. The number of nitrogens with one attached hydrogen (secondary N) is 2. The van der Waals surface area contributed by atoms with Crippen molar-refractivity contribution in [2.45, 2.75) is 6.54 Å². The Morgan fingerprint density at radius 3 is 2.66 bits per heavy atom. The number of aromatic amines is 1. The van der Waals surface area contributed by atoms with E-state index < -0.39 is 0 Å². The Balaban J connectivity index is 1.52. The number of aromatic nitrogens is 2. The minimum absolute atomic E-state index is 0.234. The van der Waals surface area contributed by atoms with Gasteiger partial charge in [-0.3, -0.25) is 9.89 Å². The summed E-state index contributed by atoms with van der Waals surface area (Å²) in [5.41, 5.74) is 2.97. The molecule has 3 aromatic carbocycles. The summed E-state index contributed by atoms with van der Waals surface area (Å²) in [7, 11) is 3.19. The van der Waals surface area contributed by atoms with Gasteiger partial charge >= 0.3 is 0 Å². The lowest BCUT2D eigenvalue weighted by Crippen LogP contribution is -2.23. The summed E-state index contributed by atoms with van der Waals surface area (Å²) in [4.78, 5) is 12.6. The number of hydrogen-bond donors (Lipinski definition) is 2. The molecule has 0 fully saturated rings. The van der Waals surface area contributed by atoms with Gasteiger partial charge in [-0.05, 0) is 29.0 Å². The minimum Gasteiger partial charge on any atom is -0.497 e. The lowest BCUT2D eigenvalue weighted by atomic mass is 10.0. The first-order valence-corrected chi connectivity index (χ1v) is 9.22. The Hall–Kier alpha value is -3.80. The fourth-order valence-electron chi connectivity index (χ4n) is 3.29. The van der Waals surface area contributed by atoms with E-state index in [1.165, 1.54) is 0 Å². The number of rotatable bonds is 6. The Labute approximate surface area is 168 Å². The zero-order valence-corrected chi connectivity index (χ0v) is 16.2. The molecule has 0 aliphatic carbocycles. The van der Waals surface area contributed by atoms with E-state index >= 15 is 0 Å². The quantitative estimate of drug-likeness (QED) is 0.520. The number of carbonyl (C=O) groups excluding carboxylic acids is 1. The second kappa shape index (κ2) is 8.06. The van der Waals surface area contributed by atoms with Crippen molar-refractivity contribution in [3.63, 3.8) is 0 Å². The van der Waals surface area contributed by atoms with Gasteiger partial charge < -0.3 is 14.8 Å². The molecule has 0 saturated heterocycles. The van der Waals surface area contributed by atoms with Gasteiger partial charge in [0.2, 0.25) is 0 Å². The number of nitrogens with zero attached hydrogens (tertiary/aromatic N) is 1. The van der Waals surface area contributed by atoms with Crippen molar-refractivity contribution in [2.75, 3.05) is 14.2 Å². The molecule has 6 nitrogen and oxygen atoms in total. The summed E-state index contributed by atoms with van der Waals surface area (Å²) in [5.74, 6) is 1.12. The van der Waals surface area contributed by atoms with Crippen molar-refractivity contribution in [3.8, 4) is 22.8 Å². The van der Waals surface area contributed by atoms with E-state index in [4.69, 9.17) is 9.47 Å². The molecule has 0 spiro atoms. The molecule has 0 unspecified atom stereocenters. The Morgan fingerprint density at radius 1 is 1.00 bits per heavy atom. The molecule has 0 aliphatic rings. The van der Waals surface area contributed by atoms with Crippen LogP contribution in [0.1, 0.15) is 16.1 Å². The summed E-state index contributed by atoms with van der Waals surface area (Å²) in [5, 5.41) is 12.3. The molecule has 1 heterocycles. The van der Waals surface area contributed by atoms with E-state index in [0.717, 1.165) is 27.6 Å². The van der Waals surface area contributed by atoms with Gasteiger partial charge in [-0.15, -0.1) is 0 Å². The molecule has 0 radical (unpaired) electrons. The van der Waals surface area contributed by atoms with Gasteiger partial charge in [-0.25, -0.2) is 0 Å². The molecule has 6 heteroatoms. The lowest BCUT2D eigenvalue weighted by Gasteiger charge is -2.11. The van der Waals surface area contributed by atoms with Gasteiger partial charge in [0.15, 0.2) is 0 Å². The van der Waals surface area contributed by atoms with Crippen LogP contribution >= 0.6 is 0 Å². The van der Waals surface area contributed by atoms with Crippen molar-refractivity contribution < 1.29 is 14.3 Å². The zero-order chi connectivity index (χ0) is 20.2. The van der Waals surface area contributed by atoms with Gasteiger partial charge in [0.05, 0.1) is 19.9 Å². The zero-order valence-electron chi connectivity index (χ0n) is 16.2. The highest BCUT2D eigenvalue weighted by atomic mass is 16.5. The number of hydrogen-bond acceptors (Lipinski definition) is 4. The third-order valence-corrected chi connectivity index (χ3v) is 4.82. The number of carbonyl (C=O) groups is 1. The molecular formula is C23H21N3O3. The lowest BCUT2D eigenvalue weighted by molar-refractivity contribution is 0.0945. The maximum atomic E-state index is 12.6. The fourth-order valence-corrected chi connectivity index (χ4v) is 3.29. The molecule has 4 aromatic rings. The molecule has 0 bridgehead atoms. The number of amides is 1. The van der Waals surface area contributed by atoms with Crippen LogP contribution in [-0.2, 0) is 6.54 Å². The smallest absolute Gasteiger partial charge is 0.269 e. The normalized spacial score (nSPS) is 10.7. The molecule has 146 valence electrons. The number of benzene rings is 3. The summed E-state index contributed by atoms with van der Waals surface area (Å²) >= 11 is 0. The Kier molecular flexibility index (Phi) is 5.16. The molecule has 0 aliphatic heterocycles. The maximum absolute atomic E-state index is 12.6. The second-order valence-corrected chi connectivity index (χ2v) is 6.55. The Morgan fingerprint density at radius 2 is 1.83 bits per heavy atom. The van der Waals surface area contributed by atoms with Crippen LogP contribution in [0.2, 0.25) is 0 Å². The fraction of sp³-hybridized carbons (Fsp3) is 0.130. The van der Waals surface area contributed by atoms with Crippen LogP contribution in [-0.4, -0.2) is 30.3 Å². The highest BCUT2D eigenvalue weighted by Gasteiger charge is 2.13. The number of H-pyrrole nitrogens is 1. The number of ether oxygens (including phenoxy) is 2.